The van der Waals surface area contributed by atoms with Crippen LogP contribution in [0.4, 0.5) is 0 Å². The highest BCUT2D eigenvalue weighted by Gasteiger charge is 1.99. The number of hydrogen-bond donors (Lipinski definition) is 1. The molecule has 0 bridgehead atoms. The van der Waals surface area contributed by atoms with Gasteiger partial charge in [-0.25, -0.2) is 4.98 Å². The second-order valence-corrected chi connectivity index (χ2v) is 3.23. The molecule has 0 aliphatic carbocycles. The summed E-state index contributed by atoms with van der Waals surface area (Å²) in [5.74, 6) is 0. The Morgan fingerprint density at radius 2 is 2.25 bits per heavy atom. The van der Waals surface area contributed by atoms with Crippen LogP contribution in [0.15, 0.2) is 12.3 Å². The summed E-state index contributed by atoms with van der Waals surface area (Å²) in [5.41, 5.74) is 1.10. The predicted octanol–water partition coefficient (Wildman–Crippen LogP) is 2.15. The third-order valence-electron chi connectivity index (χ3n) is 1.52. The molecule has 66 valence electrons. The molecule has 0 spiro atoms. The molecule has 0 aromatic carbocycles. The molecule has 1 aromatic heterocycles. The Balaban J connectivity index is 2.69. The Labute approximate surface area is 81.9 Å². The van der Waals surface area contributed by atoms with Crippen LogP contribution in [0.5, 0.6) is 0 Å². The minimum atomic E-state index is 0.366. The van der Waals surface area contributed by atoms with Crippen LogP contribution >= 0.6 is 23.2 Å². The van der Waals surface area contributed by atoms with E-state index in [1.807, 2.05) is 13.1 Å². The molecule has 0 amide bonds. The molecule has 2 nitrogen and oxygen atoms in total. The topological polar surface area (TPSA) is 24.9 Å². The molecule has 0 aliphatic heterocycles. The van der Waals surface area contributed by atoms with Gasteiger partial charge in [0.25, 0.3) is 0 Å². The van der Waals surface area contributed by atoms with Gasteiger partial charge < -0.3 is 5.32 Å². The maximum atomic E-state index is 5.78. The van der Waals surface area contributed by atoms with Gasteiger partial charge in [-0.15, -0.1) is 0 Å². The molecule has 1 rings (SSSR count). The maximum absolute atomic E-state index is 5.78. The van der Waals surface area contributed by atoms with E-state index in [1.54, 1.807) is 6.20 Å². The van der Waals surface area contributed by atoms with Crippen molar-refractivity contribution in [3.63, 3.8) is 0 Å². The van der Waals surface area contributed by atoms with Crippen molar-refractivity contribution in [2.75, 3.05) is 13.6 Å². The Morgan fingerprint density at radius 3 is 2.83 bits per heavy atom. The van der Waals surface area contributed by atoms with E-state index < -0.39 is 0 Å². The highest BCUT2D eigenvalue weighted by Crippen LogP contribution is 2.19. The van der Waals surface area contributed by atoms with E-state index >= 15 is 0 Å². The van der Waals surface area contributed by atoms with Crippen LogP contribution in [0.3, 0.4) is 0 Å². The molecule has 0 aliphatic rings. The maximum Gasteiger partial charge on any atom is 0.147 e. The summed E-state index contributed by atoms with van der Waals surface area (Å²) >= 11 is 11.4. The second-order valence-electron chi connectivity index (χ2n) is 2.47. The molecule has 0 fully saturated rings. The van der Waals surface area contributed by atoms with Crippen molar-refractivity contribution in [3.05, 3.63) is 28.0 Å². The first-order chi connectivity index (χ1) is 5.74. The van der Waals surface area contributed by atoms with Gasteiger partial charge in [0, 0.05) is 6.20 Å². The van der Waals surface area contributed by atoms with E-state index in [-0.39, 0.29) is 0 Å². The lowest BCUT2D eigenvalue weighted by atomic mass is 10.2. The lowest BCUT2D eigenvalue weighted by Gasteiger charge is -2.01. The van der Waals surface area contributed by atoms with Gasteiger partial charge in [0.2, 0.25) is 0 Å². The Morgan fingerprint density at radius 1 is 1.50 bits per heavy atom. The van der Waals surface area contributed by atoms with Gasteiger partial charge >= 0.3 is 0 Å². The van der Waals surface area contributed by atoms with Crippen molar-refractivity contribution in [2.45, 2.75) is 6.42 Å². The largest absolute Gasteiger partial charge is 0.319 e. The summed E-state index contributed by atoms with van der Waals surface area (Å²) in [5, 5.41) is 3.93. The zero-order valence-corrected chi connectivity index (χ0v) is 8.28. The van der Waals surface area contributed by atoms with E-state index in [9.17, 15) is 0 Å². The van der Waals surface area contributed by atoms with Gasteiger partial charge in [-0.05, 0) is 31.6 Å². The third kappa shape index (κ3) is 2.63. The molecule has 12 heavy (non-hydrogen) atoms. The molecule has 0 radical (unpaired) electrons. The summed E-state index contributed by atoms with van der Waals surface area (Å²) in [6, 6.07) is 1.84. The van der Waals surface area contributed by atoms with Gasteiger partial charge in [0.05, 0.1) is 5.02 Å². The molecule has 0 unspecified atom stereocenters. The van der Waals surface area contributed by atoms with Gasteiger partial charge in [-0.3, -0.25) is 0 Å². The van der Waals surface area contributed by atoms with Crippen molar-refractivity contribution in [1.29, 1.82) is 0 Å². The number of likely N-dealkylation sites (N-methyl/N-ethyl adjacent to an activating group) is 1. The fraction of sp³-hybridized carbons (Fsp3) is 0.375. The fourth-order valence-corrected chi connectivity index (χ4v) is 1.16. The summed E-state index contributed by atoms with van der Waals surface area (Å²) in [7, 11) is 1.91. The average molecular weight is 205 g/mol. The molecule has 0 saturated heterocycles. The minimum Gasteiger partial charge on any atom is -0.319 e. The van der Waals surface area contributed by atoms with Crippen LogP contribution in [-0.2, 0) is 6.42 Å². The molecule has 4 heteroatoms. The second kappa shape index (κ2) is 4.65. The van der Waals surface area contributed by atoms with E-state index in [1.165, 1.54) is 0 Å². The zero-order valence-electron chi connectivity index (χ0n) is 6.77. The smallest absolute Gasteiger partial charge is 0.147 e. The van der Waals surface area contributed by atoms with Crippen LogP contribution < -0.4 is 5.32 Å². The van der Waals surface area contributed by atoms with Crippen LogP contribution in [-0.4, -0.2) is 18.6 Å². The highest BCUT2D eigenvalue weighted by molar-refractivity contribution is 6.41. The first-order valence-electron chi connectivity index (χ1n) is 3.68. The molecule has 0 atom stereocenters. The number of rotatable bonds is 3. The van der Waals surface area contributed by atoms with E-state index in [2.05, 4.69) is 10.3 Å². The lowest BCUT2D eigenvalue weighted by molar-refractivity contribution is 0.789. The molecule has 1 heterocycles. The highest BCUT2D eigenvalue weighted by atomic mass is 35.5. The van der Waals surface area contributed by atoms with E-state index in [0.29, 0.717) is 10.2 Å². The van der Waals surface area contributed by atoms with Crippen LogP contribution in [0.1, 0.15) is 5.56 Å². The number of nitrogens with one attached hydrogen (secondary N) is 1. The standard InChI is InChI=1S/C8H10Cl2N2/c1-11-3-2-6-4-7(9)8(10)12-5-6/h4-5,11H,2-3H2,1H3. The Bertz CT molecular complexity index is 263. The van der Waals surface area contributed by atoms with Gasteiger partial charge in [-0.1, -0.05) is 23.2 Å². The van der Waals surface area contributed by atoms with Crippen molar-refractivity contribution in [2.24, 2.45) is 0 Å². The number of pyridine rings is 1. The quantitative estimate of drug-likeness (QED) is 0.764. The fourth-order valence-electron chi connectivity index (χ4n) is 0.867. The molecular weight excluding hydrogens is 195 g/mol. The molecule has 0 saturated carbocycles. The summed E-state index contributed by atoms with van der Waals surface area (Å²) in [6.45, 7) is 0.916. The SMILES string of the molecule is CNCCc1cnc(Cl)c(Cl)c1. The summed E-state index contributed by atoms with van der Waals surface area (Å²) in [6.07, 6.45) is 2.66. The van der Waals surface area contributed by atoms with E-state index in [4.69, 9.17) is 23.2 Å². The van der Waals surface area contributed by atoms with Crippen molar-refractivity contribution in [3.8, 4) is 0 Å². The van der Waals surface area contributed by atoms with Crippen LogP contribution in [0.2, 0.25) is 10.2 Å². The van der Waals surface area contributed by atoms with Crippen molar-refractivity contribution >= 4 is 23.2 Å². The lowest BCUT2D eigenvalue weighted by Crippen LogP contribution is -2.10. The normalized spacial score (nSPS) is 10.2. The Kier molecular flexibility index (Phi) is 3.79. The zero-order chi connectivity index (χ0) is 8.97. The summed E-state index contributed by atoms with van der Waals surface area (Å²) < 4.78 is 0. The van der Waals surface area contributed by atoms with Crippen molar-refractivity contribution < 1.29 is 0 Å². The number of hydrogen-bond acceptors (Lipinski definition) is 2. The minimum absolute atomic E-state index is 0.366. The van der Waals surface area contributed by atoms with Crippen LogP contribution in [0, 0.1) is 0 Å². The first kappa shape index (κ1) is 9.78. The number of halogens is 2. The number of nitrogens with zero attached hydrogens (tertiary/aromatic N) is 1. The molecule has 1 aromatic rings. The monoisotopic (exact) mass is 204 g/mol. The molecule has 1 N–H and O–H groups in total. The number of aromatic nitrogens is 1. The molecular formula is C8H10Cl2N2. The summed E-state index contributed by atoms with van der Waals surface area (Å²) in [4.78, 5) is 3.94. The van der Waals surface area contributed by atoms with Gasteiger partial charge in [-0.2, -0.15) is 0 Å². The van der Waals surface area contributed by atoms with Gasteiger partial charge in [0.15, 0.2) is 0 Å². The third-order valence-corrected chi connectivity index (χ3v) is 2.20. The Hall–Kier alpha value is -0.310. The van der Waals surface area contributed by atoms with E-state index in [0.717, 1.165) is 18.5 Å². The van der Waals surface area contributed by atoms with Crippen LogP contribution in [0.25, 0.3) is 0 Å². The first-order valence-corrected chi connectivity index (χ1v) is 4.44. The predicted molar refractivity (Wildman–Crippen MR) is 51.9 cm³/mol. The van der Waals surface area contributed by atoms with Crippen molar-refractivity contribution in [1.82, 2.24) is 10.3 Å². The average Bonchev–Trinajstić information content (AvgIpc) is 2.07. The van der Waals surface area contributed by atoms with Gasteiger partial charge in [0.1, 0.15) is 5.15 Å².